The third-order valence-electron chi connectivity index (χ3n) is 3.09. The molecule has 0 radical (unpaired) electrons. The normalized spacial score (nSPS) is 11.3. The second-order valence-electron chi connectivity index (χ2n) is 4.07. The van der Waals surface area contributed by atoms with E-state index >= 15 is 0 Å². The van der Waals surface area contributed by atoms with Gasteiger partial charge in [-0.15, -0.1) is 0 Å². The molecule has 17 heavy (non-hydrogen) atoms. The average Bonchev–Trinajstić information content (AvgIpc) is 2.33. The van der Waals surface area contributed by atoms with E-state index in [1.54, 1.807) is 6.92 Å². The summed E-state index contributed by atoms with van der Waals surface area (Å²) in [7, 11) is -1.53. The first-order chi connectivity index (χ1) is 8.14. The van der Waals surface area contributed by atoms with E-state index in [1.165, 1.54) is 0 Å². The Morgan fingerprint density at radius 2 is 1.76 bits per heavy atom. The highest BCUT2D eigenvalue weighted by Crippen LogP contribution is 2.23. The number of alkyl carbamates (subject to hydrolysis) is 1. The zero-order valence-corrected chi connectivity index (χ0v) is 12.7. The molecular weight excluding hydrogens is 234 g/mol. The standard InChI is InChI=1S/C12H27NO3Si/c1-5-15-12(14)13-10-9-11-17(7-3,8-4)16-6-2/h5-11H2,1-4H3,(H,13,14). The third-order valence-corrected chi connectivity index (χ3v) is 7.84. The molecule has 0 aromatic heterocycles. The molecule has 102 valence electrons. The van der Waals surface area contributed by atoms with Gasteiger partial charge in [-0.25, -0.2) is 4.79 Å². The Balaban J connectivity index is 3.86. The van der Waals surface area contributed by atoms with E-state index in [0.29, 0.717) is 13.2 Å². The predicted molar refractivity (Wildman–Crippen MR) is 72.8 cm³/mol. The Labute approximate surface area is 106 Å². The van der Waals surface area contributed by atoms with E-state index < -0.39 is 8.32 Å². The molecule has 0 unspecified atom stereocenters. The molecule has 4 nitrogen and oxygen atoms in total. The van der Waals surface area contributed by atoms with Gasteiger partial charge >= 0.3 is 6.09 Å². The molecule has 0 aromatic carbocycles. The van der Waals surface area contributed by atoms with Crippen molar-refractivity contribution in [3.8, 4) is 0 Å². The smallest absolute Gasteiger partial charge is 0.407 e. The van der Waals surface area contributed by atoms with E-state index in [4.69, 9.17) is 9.16 Å². The summed E-state index contributed by atoms with van der Waals surface area (Å²) in [5.41, 5.74) is 0. The molecule has 1 N–H and O–H groups in total. The lowest BCUT2D eigenvalue weighted by atomic mass is 10.5. The van der Waals surface area contributed by atoms with Gasteiger partial charge in [0, 0.05) is 13.2 Å². The Morgan fingerprint density at radius 3 is 2.24 bits per heavy atom. The first-order valence-corrected chi connectivity index (χ1v) is 9.21. The topological polar surface area (TPSA) is 47.6 Å². The van der Waals surface area contributed by atoms with Crippen LogP contribution in [-0.4, -0.2) is 34.2 Å². The lowest BCUT2D eigenvalue weighted by molar-refractivity contribution is 0.152. The van der Waals surface area contributed by atoms with Crippen molar-refractivity contribution in [2.75, 3.05) is 19.8 Å². The molecule has 0 aromatic rings. The number of carbonyl (C=O) groups excluding carboxylic acids is 1. The van der Waals surface area contributed by atoms with Gasteiger partial charge in [0.2, 0.25) is 0 Å². The molecule has 0 rings (SSSR count). The van der Waals surface area contributed by atoms with Gasteiger partial charge in [-0.3, -0.25) is 0 Å². The Hall–Kier alpha value is -0.553. The fourth-order valence-electron chi connectivity index (χ4n) is 1.97. The van der Waals surface area contributed by atoms with Gasteiger partial charge in [0.25, 0.3) is 0 Å². The highest BCUT2D eigenvalue weighted by molar-refractivity contribution is 6.73. The van der Waals surface area contributed by atoms with Gasteiger partial charge in [-0.1, -0.05) is 13.8 Å². The molecule has 0 heterocycles. The SMILES string of the molecule is CCOC(=O)NCCC[Si](CC)(CC)OCC. The maximum absolute atomic E-state index is 11.1. The second-order valence-corrected chi connectivity index (χ2v) is 8.64. The highest BCUT2D eigenvalue weighted by Gasteiger charge is 2.29. The van der Waals surface area contributed by atoms with Crippen LogP contribution in [0.1, 0.15) is 34.1 Å². The van der Waals surface area contributed by atoms with Crippen LogP contribution in [-0.2, 0) is 9.16 Å². The van der Waals surface area contributed by atoms with Crippen molar-refractivity contribution in [3.05, 3.63) is 0 Å². The maximum Gasteiger partial charge on any atom is 0.407 e. The van der Waals surface area contributed by atoms with E-state index in [-0.39, 0.29) is 6.09 Å². The number of carbonyl (C=O) groups is 1. The van der Waals surface area contributed by atoms with Crippen molar-refractivity contribution in [2.24, 2.45) is 0 Å². The lowest BCUT2D eigenvalue weighted by Crippen LogP contribution is -2.37. The zero-order chi connectivity index (χ0) is 13.1. The van der Waals surface area contributed by atoms with E-state index in [9.17, 15) is 4.79 Å². The summed E-state index contributed by atoms with van der Waals surface area (Å²) in [5, 5.41) is 2.75. The van der Waals surface area contributed by atoms with E-state index in [1.807, 2.05) is 0 Å². The Kier molecular flexibility index (Phi) is 9.17. The maximum atomic E-state index is 11.1. The van der Waals surface area contributed by atoms with E-state index in [2.05, 4.69) is 26.1 Å². The molecule has 1 amide bonds. The summed E-state index contributed by atoms with van der Waals surface area (Å²) < 4.78 is 10.8. The molecule has 0 saturated heterocycles. The minimum absolute atomic E-state index is 0.316. The molecule has 0 saturated carbocycles. The van der Waals surface area contributed by atoms with Crippen LogP contribution in [0.25, 0.3) is 0 Å². The first kappa shape index (κ1) is 16.4. The Morgan fingerprint density at radius 1 is 1.12 bits per heavy atom. The van der Waals surface area contributed by atoms with E-state index in [0.717, 1.165) is 31.2 Å². The van der Waals surface area contributed by atoms with Crippen LogP contribution in [0.2, 0.25) is 18.1 Å². The van der Waals surface area contributed by atoms with Crippen LogP contribution < -0.4 is 5.32 Å². The van der Waals surface area contributed by atoms with Crippen LogP contribution in [0, 0.1) is 0 Å². The molecule has 0 aliphatic rings. The van der Waals surface area contributed by atoms with Gasteiger partial charge in [0.1, 0.15) is 0 Å². The number of ether oxygens (including phenoxy) is 1. The van der Waals surface area contributed by atoms with Gasteiger partial charge in [0.15, 0.2) is 8.32 Å². The van der Waals surface area contributed by atoms with Gasteiger partial charge in [-0.05, 0) is 38.4 Å². The van der Waals surface area contributed by atoms with Crippen LogP contribution in [0.4, 0.5) is 4.79 Å². The molecule has 0 aliphatic heterocycles. The van der Waals surface area contributed by atoms with Crippen molar-refractivity contribution >= 4 is 14.4 Å². The summed E-state index contributed by atoms with van der Waals surface area (Å²) >= 11 is 0. The van der Waals surface area contributed by atoms with Crippen LogP contribution in [0.3, 0.4) is 0 Å². The van der Waals surface area contributed by atoms with Crippen molar-refractivity contribution in [1.29, 1.82) is 0 Å². The van der Waals surface area contributed by atoms with Crippen LogP contribution in [0.5, 0.6) is 0 Å². The molecule has 0 bridgehead atoms. The first-order valence-electron chi connectivity index (χ1n) is 6.68. The van der Waals surface area contributed by atoms with Crippen molar-refractivity contribution in [2.45, 2.75) is 52.2 Å². The lowest BCUT2D eigenvalue weighted by Gasteiger charge is -2.28. The number of rotatable bonds is 9. The molecule has 0 aliphatic carbocycles. The molecule has 5 heteroatoms. The minimum atomic E-state index is -1.53. The summed E-state index contributed by atoms with van der Waals surface area (Å²) in [6, 6.07) is 3.41. The Bertz CT molecular complexity index is 208. The molecular formula is C12H27NO3Si. The highest BCUT2D eigenvalue weighted by atomic mass is 28.4. The summed E-state index contributed by atoms with van der Waals surface area (Å²) in [5.74, 6) is 0. The van der Waals surface area contributed by atoms with Crippen LogP contribution in [0.15, 0.2) is 0 Å². The fourth-order valence-corrected chi connectivity index (χ4v) is 5.16. The summed E-state index contributed by atoms with van der Waals surface area (Å²) in [6.45, 7) is 10.2. The quantitative estimate of drug-likeness (QED) is 0.512. The average molecular weight is 261 g/mol. The van der Waals surface area contributed by atoms with Crippen molar-refractivity contribution in [3.63, 3.8) is 0 Å². The largest absolute Gasteiger partial charge is 0.450 e. The van der Waals surface area contributed by atoms with Gasteiger partial charge in [0.05, 0.1) is 6.61 Å². The number of amides is 1. The monoisotopic (exact) mass is 261 g/mol. The molecule has 0 spiro atoms. The number of hydrogen-bond donors (Lipinski definition) is 1. The van der Waals surface area contributed by atoms with Crippen molar-refractivity contribution in [1.82, 2.24) is 5.32 Å². The zero-order valence-electron chi connectivity index (χ0n) is 11.7. The predicted octanol–water partition coefficient (Wildman–Crippen LogP) is 3.14. The molecule has 0 fully saturated rings. The second kappa shape index (κ2) is 9.47. The van der Waals surface area contributed by atoms with Crippen molar-refractivity contribution < 1.29 is 14.0 Å². The fraction of sp³-hybridized carbons (Fsp3) is 0.917. The number of nitrogens with one attached hydrogen (secondary N) is 1. The minimum Gasteiger partial charge on any atom is -0.450 e. The van der Waals surface area contributed by atoms with Gasteiger partial charge in [-0.2, -0.15) is 0 Å². The number of hydrogen-bond acceptors (Lipinski definition) is 3. The van der Waals surface area contributed by atoms with Crippen LogP contribution >= 0.6 is 0 Å². The summed E-state index contributed by atoms with van der Waals surface area (Å²) in [4.78, 5) is 11.1. The van der Waals surface area contributed by atoms with Gasteiger partial charge < -0.3 is 14.5 Å². The third kappa shape index (κ3) is 6.68. The molecule has 0 atom stereocenters. The summed E-state index contributed by atoms with van der Waals surface area (Å²) in [6.07, 6.45) is 0.663.